The Morgan fingerprint density at radius 2 is 1.75 bits per heavy atom. The number of hydrazone groups is 1. The fourth-order valence-electron chi connectivity index (χ4n) is 3.04. The minimum Gasteiger partial charge on any atom is -0.459 e. The summed E-state index contributed by atoms with van der Waals surface area (Å²) in [4.78, 5) is 23.4. The third-order valence-electron chi connectivity index (χ3n) is 4.82. The lowest BCUT2D eigenvalue weighted by atomic mass is 10.2. The summed E-state index contributed by atoms with van der Waals surface area (Å²) in [6, 6.07) is 18.3. The minimum atomic E-state index is -3.88. The number of nitrogens with zero attached hydrogens (tertiary/aromatic N) is 2. The van der Waals surface area contributed by atoms with Crippen molar-refractivity contribution >= 4 is 39.7 Å². The normalized spacial score (nSPS) is 11.6. The van der Waals surface area contributed by atoms with Gasteiger partial charge in [0.1, 0.15) is 11.5 Å². The van der Waals surface area contributed by atoms with Gasteiger partial charge >= 0.3 is 11.8 Å². The zero-order chi connectivity index (χ0) is 26.0. The topological polar surface area (TPSA) is 130 Å². The van der Waals surface area contributed by atoms with Gasteiger partial charge < -0.3 is 14.5 Å². The zero-order valence-electron chi connectivity index (χ0n) is 19.4. The summed E-state index contributed by atoms with van der Waals surface area (Å²) >= 11 is 5.92. The summed E-state index contributed by atoms with van der Waals surface area (Å²) in [5.74, 6) is -1.19. The molecule has 36 heavy (non-hydrogen) atoms. The van der Waals surface area contributed by atoms with Gasteiger partial charge in [-0.15, -0.1) is 0 Å². The van der Waals surface area contributed by atoms with Crippen LogP contribution >= 0.6 is 11.6 Å². The Hall–Kier alpha value is -3.51. The fraction of sp³-hybridized carbons (Fsp3) is 0.208. The third-order valence-corrected chi connectivity index (χ3v) is 6.88. The van der Waals surface area contributed by atoms with Gasteiger partial charge in [-0.2, -0.15) is 9.41 Å². The van der Waals surface area contributed by atoms with Crippen LogP contribution in [0.5, 0.6) is 0 Å². The Morgan fingerprint density at radius 3 is 2.44 bits per heavy atom. The first-order valence-corrected chi connectivity index (χ1v) is 12.6. The molecule has 190 valence electrons. The van der Waals surface area contributed by atoms with Crippen molar-refractivity contribution in [3.05, 3.63) is 88.8 Å². The molecule has 0 spiro atoms. The number of halogens is 1. The van der Waals surface area contributed by atoms with E-state index in [1.165, 1.54) is 41.9 Å². The molecule has 1 aromatic heterocycles. The van der Waals surface area contributed by atoms with E-state index in [4.69, 9.17) is 20.8 Å². The van der Waals surface area contributed by atoms with Crippen LogP contribution < -0.4 is 10.7 Å². The number of carbonyl (C=O) groups excluding carboxylic acids is 2. The number of furan rings is 1. The third kappa shape index (κ3) is 7.75. The average Bonchev–Trinajstić information content (AvgIpc) is 3.31. The molecule has 10 nitrogen and oxygen atoms in total. The maximum Gasteiger partial charge on any atom is 0.329 e. The molecule has 3 aromatic rings. The number of benzene rings is 2. The second kappa shape index (κ2) is 13.0. The van der Waals surface area contributed by atoms with E-state index >= 15 is 0 Å². The van der Waals surface area contributed by atoms with Crippen molar-refractivity contribution < 1.29 is 27.2 Å². The molecule has 0 saturated carbocycles. The van der Waals surface area contributed by atoms with E-state index in [9.17, 15) is 18.0 Å². The number of rotatable bonds is 11. The van der Waals surface area contributed by atoms with Crippen molar-refractivity contribution in [2.24, 2.45) is 5.10 Å². The largest absolute Gasteiger partial charge is 0.459 e. The van der Waals surface area contributed by atoms with E-state index < -0.39 is 21.8 Å². The van der Waals surface area contributed by atoms with Gasteiger partial charge in [-0.05, 0) is 42.0 Å². The number of hydrogen-bond donors (Lipinski definition) is 2. The lowest BCUT2D eigenvalue weighted by Crippen LogP contribution is -2.39. The maximum atomic E-state index is 13.4. The number of amides is 2. The van der Waals surface area contributed by atoms with Crippen LogP contribution in [0, 0.1) is 0 Å². The summed E-state index contributed by atoms with van der Waals surface area (Å²) in [6.07, 6.45) is 1.21. The first-order valence-electron chi connectivity index (χ1n) is 10.8. The van der Waals surface area contributed by atoms with Crippen molar-refractivity contribution in [2.75, 3.05) is 20.3 Å². The molecule has 0 unspecified atom stereocenters. The molecule has 3 rings (SSSR count). The molecule has 2 N–H and O–H groups in total. The number of methoxy groups -OCH3 is 1. The highest BCUT2D eigenvalue weighted by molar-refractivity contribution is 7.89. The van der Waals surface area contributed by atoms with Crippen molar-refractivity contribution in [1.29, 1.82) is 0 Å². The van der Waals surface area contributed by atoms with Crippen molar-refractivity contribution in [3.63, 3.8) is 0 Å². The van der Waals surface area contributed by atoms with Crippen molar-refractivity contribution in [2.45, 2.75) is 18.0 Å². The molecule has 0 radical (unpaired) electrons. The molecule has 0 saturated heterocycles. The Balaban J connectivity index is 1.71. The second-order valence-electron chi connectivity index (χ2n) is 7.46. The van der Waals surface area contributed by atoms with E-state index in [2.05, 4.69) is 15.8 Å². The highest BCUT2D eigenvalue weighted by Gasteiger charge is 2.26. The van der Waals surface area contributed by atoms with E-state index in [0.717, 1.165) is 5.56 Å². The predicted octanol–water partition coefficient (Wildman–Crippen LogP) is 2.54. The molecule has 0 aliphatic rings. The maximum absolute atomic E-state index is 13.4. The fourth-order valence-corrected chi connectivity index (χ4v) is 4.56. The van der Waals surface area contributed by atoms with Gasteiger partial charge in [0.15, 0.2) is 0 Å². The lowest BCUT2D eigenvalue weighted by Gasteiger charge is -2.21. The van der Waals surface area contributed by atoms with Gasteiger partial charge in [-0.25, -0.2) is 13.8 Å². The number of hydrogen-bond acceptors (Lipinski definition) is 7. The highest BCUT2D eigenvalue weighted by Crippen LogP contribution is 2.23. The molecule has 0 aliphatic heterocycles. The molecular weight excluding hydrogens is 508 g/mol. The Bertz CT molecular complexity index is 1290. The summed E-state index contributed by atoms with van der Waals surface area (Å²) < 4.78 is 38.5. The van der Waals surface area contributed by atoms with E-state index in [0.29, 0.717) is 10.8 Å². The number of sulfonamides is 1. The van der Waals surface area contributed by atoms with Gasteiger partial charge in [0, 0.05) is 25.2 Å². The lowest BCUT2D eigenvalue weighted by molar-refractivity contribution is -0.139. The van der Waals surface area contributed by atoms with Crippen LogP contribution in [0.2, 0.25) is 5.02 Å². The number of nitrogens with one attached hydrogen (secondary N) is 2. The summed E-state index contributed by atoms with van der Waals surface area (Å²) in [6.45, 7) is 0.519. The second-order valence-corrected chi connectivity index (χ2v) is 9.84. The Morgan fingerprint density at radius 1 is 1.03 bits per heavy atom. The first kappa shape index (κ1) is 27.1. The van der Waals surface area contributed by atoms with E-state index in [1.807, 2.05) is 30.3 Å². The van der Waals surface area contributed by atoms with Crippen LogP contribution in [0.3, 0.4) is 0 Å². The molecule has 0 bridgehead atoms. The van der Waals surface area contributed by atoms with Gasteiger partial charge in [0.25, 0.3) is 0 Å². The van der Waals surface area contributed by atoms with Gasteiger partial charge in [-0.1, -0.05) is 41.9 Å². The van der Waals surface area contributed by atoms with Crippen LogP contribution in [-0.2, 0) is 37.4 Å². The first-order chi connectivity index (χ1) is 17.3. The molecule has 2 amide bonds. The average molecular weight is 533 g/mol. The van der Waals surface area contributed by atoms with Crippen LogP contribution in [0.4, 0.5) is 0 Å². The molecule has 1 heterocycles. The molecule has 0 fully saturated rings. The smallest absolute Gasteiger partial charge is 0.329 e. The highest BCUT2D eigenvalue weighted by atomic mass is 35.5. The Labute approximate surface area is 213 Å². The zero-order valence-corrected chi connectivity index (χ0v) is 21.0. The molecular formula is C24H25ClN4O6S. The van der Waals surface area contributed by atoms with Crippen molar-refractivity contribution in [1.82, 2.24) is 15.0 Å². The minimum absolute atomic E-state index is 0.0536. The standard InChI is InChI=1S/C24H25ClN4O6S/c1-34-14-13-26-23(30)24(31)28-27-15-20-9-10-21(35-20)17-29(16-18-5-3-2-4-6-18)36(32,33)22-11-7-19(25)8-12-22/h2-12,15H,13-14,16-17H2,1H3,(H,26,30)(H,28,31)/b27-15+. The summed E-state index contributed by atoms with van der Waals surface area (Å²) in [5, 5.41) is 6.49. The number of ether oxygens (including phenoxy) is 1. The summed E-state index contributed by atoms with van der Waals surface area (Å²) in [5.41, 5.74) is 2.89. The van der Waals surface area contributed by atoms with Crippen LogP contribution in [0.25, 0.3) is 0 Å². The van der Waals surface area contributed by atoms with E-state index in [1.54, 1.807) is 12.1 Å². The molecule has 2 aromatic carbocycles. The quantitative estimate of drug-likeness (QED) is 0.169. The number of carbonyl (C=O) groups is 2. The molecule has 0 aliphatic carbocycles. The molecule has 0 atom stereocenters. The van der Waals surface area contributed by atoms with Gasteiger partial charge in [-0.3, -0.25) is 9.59 Å². The summed E-state index contributed by atoms with van der Waals surface area (Å²) in [7, 11) is -2.41. The van der Waals surface area contributed by atoms with Crippen molar-refractivity contribution in [3.8, 4) is 0 Å². The van der Waals surface area contributed by atoms with Crippen LogP contribution in [0.1, 0.15) is 17.1 Å². The van der Waals surface area contributed by atoms with Gasteiger partial charge in [0.05, 0.1) is 24.3 Å². The monoisotopic (exact) mass is 532 g/mol. The predicted molar refractivity (Wildman–Crippen MR) is 134 cm³/mol. The Kier molecular flexibility index (Phi) is 9.77. The SMILES string of the molecule is COCCNC(=O)C(=O)N/N=C/c1ccc(CN(Cc2ccccc2)S(=O)(=O)c2ccc(Cl)cc2)o1. The van der Waals surface area contributed by atoms with Crippen LogP contribution in [-0.4, -0.2) is 51.0 Å². The van der Waals surface area contributed by atoms with Crippen LogP contribution in [0.15, 0.2) is 81.1 Å². The molecule has 12 heteroatoms. The van der Waals surface area contributed by atoms with E-state index in [-0.39, 0.29) is 36.9 Å². The van der Waals surface area contributed by atoms with Gasteiger partial charge in [0.2, 0.25) is 10.0 Å².